The molecule has 1 aromatic rings. The first-order chi connectivity index (χ1) is 8.08. The highest BCUT2D eigenvalue weighted by atomic mass is 35.5. The van der Waals surface area contributed by atoms with E-state index in [2.05, 4.69) is 5.32 Å². The van der Waals surface area contributed by atoms with Crippen molar-refractivity contribution in [2.45, 2.75) is 12.5 Å². The van der Waals surface area contributed by atoms with E-state index in [0.29, 0.717) is 28.8 Å². The molecule has 1 aromatic carbocycles. The average molecular weight is 276 g/mol. The summed E-state index contributed by atoms with van der Waals surface area (Å²) in [7, 11) is 0. The fourth-order valence-electron chi connectivity index (χ4n) is 1.85. The highest BCUT2D eigenvalue weighted by Gasteiger charge is 2.24. The third-order valence-electron chi connectivity index (χ3n) is 2.57. The highest BCUT2D eigenvalue weighted by Crippen LogP contribution is 2.39. The van der Waals surface area contributed by atoms with Crippen molar-refractivity contribution in [3.8, 4) is 5.75 Å². The maximum absolute atomic E-state index is 10.5. The summed E-state index contributed by atoms with van der Waals surface area (Å²) in [6.07, 6.45) is 0.691. The number of halogens is 2. The van der Waals surface area contributed by atoms with Crippen LogP contribution in [0.4, 0.5) is 0 Å². The van der Waals surface area contributed by atoms with Gasteiger partial charge in [-0.3, -0.25) is 10.1 Å². The molecule has 0 aromatic heterocycles. The SMILES string of the molecule is O=C(O)CNC1CCOc2c(Cl)cc(Cl)cc21. The number of aliphatic carboxylic acids is 1. The number of benzene rings is 1. The molecule has 1 aliphatic rings. The molecule has 0 radical (unpaired) electrons. The zero-order chi connectivity index (χ0) is 12.4. The van der Waals surface area contributed by atoms with E-state index < -0.39 is 5.97 Å². The molecule has 6 heteroatoms. The van der Waals surface area contributed by atoms with Crippen LogP contribution in [0.3, 0.4) is 0 Å². The molecule has 4 nitrogen and oxygen atoms in total. The predicted molar refractivity (Wildman–Crippen MR) is 65.0 cm³/mol. The van der Waals surface area contributed by atoms with Gasteiger partial charge in [-0.05, 0) is 12.1 Å². The summed E-state index contributed by atoms with van der Waals surface area (Å²) in [6.45, 7) is 0.403. The minimum atomic E-state index is -0.897. The minimum Gasteiger partial charge on any atom is -0.492 e. The summed E-state index contributed by atoms with van der Waals surface area (Å²) in [6, 6.07) is 3.27. The Labute approximate surface area is 108 Å². The minimum absolute atomic E-state index is 0.0916. The lowest BCUT2D eigenvalue weighted by atomic mass is 10.0. The summed E-state index contributed by atoms with van der Waals surface area (Å²) in [5.41, 5.74) is 0.815. The summed E-state index contributed by atoms with van der Waals surface area (Å²) < 4.78 is 5.47. The Morgan fingerprint density at radius 3 is 3.00 bits per heavy atom. The molecule has 0 bridgehead atoms. The van der Waals surface area contributed by atoms with Gasteiger partial charge in [0.15, 0.2) is 0 Å². The van der Waals surface area contributed by atoms with Crippen LogP contribution in [0.25, 0.3) is 0 Å². The molecule has 2 N–H and O–H groups in total. The molecule has 0 saturated heterocycles. The summed E-state index contributed by atoms with van der Waals surface area (Å²) >= 11 is 11.9. The monoisotopic (exact) mass is 275 g/mol. The fourth-order valence-corrected chi connectivity index (χ4v) is 2.41. The Morgan fingerprint density at radius 2 is 2.29 bits per heavy atom. The third kappa shape index (κ3) is 2.83. The molecule has 1 heterocycles. The number of carboxylic acids is 1. The zero-order valence-electron chi connectivity index (χ0n) is 8.87. The first-order valence-corrected chi connectivity index (χ1v) is 5.90. The van der Waals surface area contributed by atoms with Crippen LogP contribution in [0.1, 0.15) is 18.0 Å². The van der Waals surface area contributed by atoms with Gasteiger partial charge in [0.2, 0.25) is 0 Å². The summed E-state index contributed by atoms with van der Waals surface area (Å²) in [5, 5.41) is 12.6. The van der Waals surface area contributed by atoms with Gasteiger partial charge in [0.05, 0.1) is 18.2 Å². The van der Waals surface area contributed by atoms with E-state index in [1.54, 1.807) is 12.1 Å². The first kappa shape index (κ1) is 12.5. The van der Waals surface area contributed by atoms with Crippen LogP contribution in [0.5, 0.6) is 5.75 Å². The van der Waals surface area contributed by atoms with Gasteiger partial charge in [0, 0.05) is 23.0 Å². The number of ether oxygens (including phenoxy) is 1. The van der Waals surface area contributed by atoms with Gasteiger partial charge in [0.25, 0.3) is 0 Å². The van der Waals surface area contributed by atoms with E-state index in [0.717, 1.165) is 5.56 Å². The van der Waals surface area contributed by atoms with Crippen molar-refractivity contribution in [3.05, 3.63) is 27.7 Å². The lowest BCUT2D eigenvalue weighted by Gasteiger charge is -2.27. The first-order valence-electron chi connectivity index (χ1n) is 5.15. The molecule has 0 amide bonds. The van der Waals surface area contributed by atoms with Crippen LogP contribution in [0.2, 0.25) is 10.0 Å². The van der Waals surface area contributed by atoms with Crippen molar-refractivity contribution in [2.75, 3.05) is 13.2 Å². The molecule has 1 unspecified atom stereocenters. The molecule has 1 aliphatic heterocycles. The highest BCUT2D eigenvalue weighted by molar-refractivity contribution is 6.35. The number of nitrogens with one attached hydrogen (secondary N) is 1. The molecular weight excluding hydrogens is 265 g/mol. The van der Waals surface area contributed by atoms with E-state index >= 15 is 0 Å². The smallest absolute Gasteiger partial charge is 0.317 e. The van der Waals surface area contributed by atoms with Crippen molar-refractivity contribution < 1.29 is 14.6 Å². The summed E-state index contributed by atoms with van der Waals surface area (Å²) in [4.78, 5) is 10.5. The second-order valence-electron chi connectivity index (χ2n) is 3.77. The molecule has 0 saturated carbocycles. The molecule has 92 valence electrons. The third-order valence-corrected chi connectivity index (χ3v) is 3.06. The van der Waals surface area contributed by atoms with Crippen molar-refractivity contribution >= 4 is 29.2 Å². The maximum Gasteiger partial charge on any atom is 0.317 e. The van der Waals surface area contributed by atoms with Gasteiger partial charge in [-0.2, -0.15) is 0 Å². The normalized spacial score (nSPS) is 18.4. The molecule has 17 heavy (non-hydrogen) atoms. The van der Waals surface area contributed by atoms with Gasteiger partial charge in [-0.25, -0.2) is 0 Å². The second kappa shape index (κ2) is 5.12. The number of fused-ring (bicyclic) bond motifs is 1. The molecule has 2 rings (SSSR count). The number of hydrogen-bond acceptors (Lipinski definition) is 3. The predicted octanol–water partition coefficient (Wildman–Crippen LogP) is 2.49. The van der Waals surface area contributed by atoms with Gasteiger partial charge in [0.1, 0.15) is 5.75 Å². The number of carboxylic acid groups (broad SMARTS) is 1. The molecular formula is C11H11Cl2NO3. The maximum atomic E-state index is 10.5. The van der Waals surface area contributed by atoms with E-state index in [1.165, 1.54) is 0 Å². The number of rotatable bonds is 3. The second-order valence-corrected chi connectivity index (χ2v) is 4.61. The lowest BCUT2D eigenvalue weighted by Crippen LogP contribution is -2.31. The van der Waals surface area contributed by atoms with Crippen molar-refractivity contribution in [3.63, 3.8) is 0 Å². The Hall–Kier alpha value is -0.970. The Bertz CT molecular complexity index is 451. The largest absolute Gasteiger partial charge is 0.492 e. The molecule has 0 aliphatic carbocycles. The molecule has 0 fully saturated rings. The summed E-state index contributed by atoms with van der Waals surface area (Å²) in [5.74, 6) is -0.309. The van der Waals surface area contributed by atoms with E-state index in [-0.39, 0.29) is 12.6 Å². The van der Waals surface area contributed by atoms with Crippen LogP contribution < -0.4 is 10.1 Å². The Kier molecular flexibility index (Phi) is 3.76. The average Bonchev–Trinajstić information content (AvgIpc) is 2.26. The van der Waals surface area contributed by atoms with Crippen LogP contribution in [0, 0.1) is 0 Å². The van der Waals surface area contributed by atoms with Crippen molar-refractivity contribution in [1.82, 2.24) is 5.32 Å². The van der Waals surface area contributed by atoms with Gasteiger partial charge < -0.3 is 9.84 Å². The molecule has 0 spiro atoms. The fraction of sp³-hybridized carbons (Fsp3) is 0.364. The van der Waals surface area contributed by atoms with Crippen molar-refractivity contribution in [1.29, 1.82) is 0 Å². The number of carbonyl (C=O) groups is 1. The van der Waals surface area contributed by atoms with Gasteiger partial charge in [-0.1, -0.05) is 23.2 Å². The van der Waals surface area contributed by atoms with Crippen molar-refractivity contribution in [2.24, 2.45) is 0 Å². The van der Waals surface area contributed by atoms with Gasteiger partial charge >= 0.3 is 5.97 Å². The van der Waals surface area contributed by atoms with Crippen LogP contribution >= 0.6 is 23.2 Å². The van der Waals surface area contributed by atoms with E-state index in [4.69, 9.17) is 33.0 Å². The van der Waals surface area contributed by atoms with Crippen LogP contribution in [-0.4, -0.2) is 24.2 Å². The van der Waals surface area contributed by atoms with E-state index in [9.17, 15) is 4.79 Å². The van der Waals surface area contributed by atoms with Gasteiger partial charge in [-0.15, -0.1) is 0 Å². The number of hydrogen-bond donors (Lipinski definition) is 2. The van der Waals surface area contributed by atoms with Crippen LogP contribution in [0.15, 0.2) is 12.1 Å². The van der Waals surface area contributed by atoms with Crippen LogP contribution in [-0.2, 0) is 4.79 Å². The molecule has 1 atom stereocenters. The lowest BCUT2D eigenvalue weighted by molar-refractivity contribution is -0.136. The van der Waals surface area contributed by atoms with E-state index in [1.807, 2.05) is 0 Å². The topological polar surface area (TPSA) is 58.6 Å². The Balaban J connectivity index is 2.27. The standard InChI is InChI=1S/C11H11Cl2NO3/c12-6-3-7-9(14-5-10(15)16)1-2-17-11(7)8(13)4-6/h3-4,9,14H,1-2,5H2,(H,15,16). The zero-order valence-corrected chi connectivity index (χ0v) is 10.4. The Morgan fingerprint density at radius 1 is 1.53 bits per heavy atom. The quantitative estimate of drug-likeness (QED) is 0.890.